The molecule has 0 saturated carbocycles. The molecule has 0 aliphatic carbocycles. The van der Waals surface area contributed by atoms with Gasteiger partial charge in [0, 0.05) is 37.0 Å². The first kappa shape index (κ1) is 28.9. The summed E-state index contributed by atoms with van der Waals surface area (Å²) in [7, 11) is 1.61. The van der Waals surface area contributed by atoms with Crippen molar-refractivity contribution in [1.29, 1.82) is 0 Å². The van der Waals surface area contributed by atoms with Crippen LogP contribution in [0.2, 0.25) is 0 Å². The van der Waals surface area contributed by atoms with Crippen LogP contribution < -0.4 is 10.1 Å². The number of carbonyl (C=O) groups excluding carboxylic acids is 2. The number of hydrogen-bond acceptors (Lipinski definition) is 6. The lowest BCUT2D eigenvalue weighted by atomic mass is 10.00. The van der Waals surface area contributed by atoms with E-state index in [1.807, 2.05) is 13.8 Å². The first-order valence-corrected chi connectivity index (χ1v) is 12.7. The Morgan fingerprint density at radius 3 is 2.74 bits per heavy atom. The van der Waals surface area contributed by atoms with Crippen molar-refractivity contribution in [2.75, 3.05) is 32.1 Å². The van der Waals surface area contributed by atoms with Crippen molar-refractivity contribution >= 4 is 17.6 Å². The molecule has 1 aromatic carbocycles. The molecule has 3 N–H and O–H groups in total. The van der Waals surface area contributed by atoms with Crippen LogP contribution >= 0.6 is 0 Å². The zero-order valence-electron chi connectivity index (χ0n) is 22.1. The Morgan fingerprint density at radius 1 is 1.37 bits per heavy atom. The summed E-state index contributed by atoms with van der Waals surface area (Å²) in [6.07, 6.45) is 1.49. The minimum Gasteiger partial charge on any atom is -0.472 e. The van der Waals surface area contributed by atoms with Crippen molar-refractivity contribution in [2.24, 2.45) is 5.92 Å². The Hall–Kier alpha value is -3.68. The number of benzene rings is 1. The van der Waals surface area contributed by atoms with Gasteiger partial charge in [0.15, 0.2) is 0 Å². The summed E-state index contributed by atoms with van der Waals surface area (Å²) in [4.78, 5) is 33.6. The van der Waals surface area contributed by atoms with E-state index in [2.05, 4.69) is 22.1 Å². The van der Waals surface area contributed by atoms with E-state index < -0.39 is 30.1 Å². The molecule has 3 amide bonds. The van der Waals surface area contributed by atoms with Gasteiger partial charge in [0.25, 0.3) is 5.91 Å². The van der Waals surface area contributed by atoms with Gasteiger partial charge in [-0.25, -0.2) is 14.2 Å². The Bertz CT molecular complexity index is 1180. The van der Waals surface area contributed by atoms with Crippen LogP contribution in [0.1, 0.15) is 49.5 Å². The number of nitrogens with zero attached hydrogens (tertiary/aromatic N) is 3. The lowest BCUT2D eigenvalue weighted by Crippen LogP contribution is -2.50. The van der Waals surface area contributed by atoms with Crippen LogP contribution in [-0.4, -0.2) is 81.9 Å². The topological polar surface area (TPSA) is 115 Å². The number of aromatic nitrogens is 1. The molecule has 0 radical (unpaired) electrons. The molecule has 0 bridgehead atoms. The molecule has 0 spiro atoms. The van der Waals surface area contributed by atoms with Crippen molar-refractivity contribution in [1.82, 2.24) is 14.8 Å². The third-order valence-electron chi connectivity index (χ3n) is 6.36. The first-order valence-electron chi connectivity index (χ1n) is 12.7. The number of carbonyl (C=O) groups is 2. The summed E-state index contributed by atoms with van der Waals surface area (Å²) >= 11 is 0. The second-order valence-electron chi connectivity index (χ2n) is 9.59. The predicted octanol–water partition coefficient (Wildman–Crippen LogP) is 3.12. The fraction of sp³-hybridized carbons (Fsp3) is 0.464. The first-order chi connectivity index (χ1) is 18.1. The summed E-state index contributed by atoms with van der Waals surface area (Å²) < 4.78 is 19.4. The number of halogens is 1. The van der Waals surface area contributed by atoms with Crippen LogP contribution in [0.5, 0.6) is 5.88 Å². The molecular formula is C28H35FN4O5. The van der Waals surface area contributed by atoms with E-state index in [-0.39, 0.29) is 43.0 Å². The molecular weight excluding hydrogens is 491 g/mol. The van der Waals surface area contributed by atoms with Crippen LogP contribution in [0.25, 0.3) is 0 Å². The van der Waals surface area contributed by atoms with Crippen LogP contribution in [0.15, 0.2) is 36.5 Å². The number of likely N-dealkylation sites (N-methyl/N-ethyl adjacent to an activating group) is 1. The van der Waals surface area contributed by atoms with E-state index in [4.69, 9.17) is 4.74 Å². The summed E-state index contributed by atoms with van der Waals surface area (Å²) in [5.74, 6) is 4.77. The van der Waals surface area contributed by atoms with Gasteiger partial charge in [0.05, 0.1) is 19.2 Å². The highest BCUT2D eigenvalue weighted by Gasteiger charge is 2.34. The van der Waals surface area contributed by atoms with Crippen LogP contribution in [-0.2, 0) is 0 Å². The molecule has 10 heteroatoms. The molecule has 1 aromatic heterocycles. The molecule has 2 heterocycles. The van der Waals surface area contributed by atoms with Crippen molar-refractivity contribution < 1.29 is 28.9 Å². The predicted molar refractivity (Wildman–Crippen MR) is 141 cm³/mol. The summed E-state index contributed by atoms with van der Waals surface area (Å²) in [6.45, 7) is 5.84. The number of anilines is 1. The van der Waals surface area contributed by atoms with Gasteiger partial charge in [-0.1, -0.05) is 32.1 Å². The van der Waals surface area contributed by atoms with Crippen LogP contribution in [0.4, 0.5) is 14.9 Å². The standard InChI is InChI=1S/C28H35FN4O5/c1-5-6-23(35)12-7-20-13-24-26(30-14-20)38-25(18(2)15-33(27(24)36)19(3)17-34)16-32(4)28(37)31-22-10-8-21(29)9-11-22/h8-11,13-14,18-19,23,25,34-35H,5-6,15-17H2,1-4H3,(H,31,37)/t18-,19+,23?,25-/m0/s1. The zero-order valence-corrected chi connectivity index (χ0v) is 22.1. The van der Waals surface area contributed by atoms with E-state index in [9.17, 15) is 24.2 Å². The van der Waals surface area contributed by atoms with Crippen molar-refractivity contribution in [3.8, 4) is 17.7 Å². The molecule has 4 atom stereocenters. The summed E-state index contributed by atoms with van der Waals surface area (Å²) in [5, 5.41) is 22.5. The molecule has 0 fully saturated rings. The van der Waals surface area contributed by atoms with Gasteiger partial charge in [-0.15, -0.1) is 0 Å². The molecule has 1 aliphatic rings. The molecule has 9 nitrogen and oxygen atoms in total. The van der Waals surface area contributed by atoms with Gasteiger partial charge < -0.3 is 30.1 Å². The number of aliphatic hydroxyl groups is 2. The number of hydrogen-bond donors (Lipinski definition) is 3. The number of ether oxygens (including phenoxy) is 1. The number of aliphatic hydroxyl groups excluding tert-OH is 2. The fourth-order valence-electron chi connectivity index (χ4n) is 4.01. The number of fused-ring (bicyclic) bond motifs is 1. The highest BCUT2D eigenvalue weighted by atomic mass is 19.1. The third kappa shape index (κ3) is 7.43. The van der Waals surface area contributed by atoms with E-state index >= 15 is 0 Å². The van der Waals surface area contributed by atoms with Gasteiger partial charge in [-0.2, -0.15) is 0 Å². The largest absolute Gasteiger partial charge is 0.472 e. The molecule has 204 valence electrons. The molecule has 1 aliphatic heterocycles. The lowest BCUT2D eigenvalue weighted by Gasteiger charge is -2.37. The molecule has 1 unspecified atom stereocenters. The summed E-state index contributed by atoms with van der Waals surface area (Å²) in [6, 6.07) is 6.17. The second-order valence-corrected chi connectivity index (χ2v) is 9.59. The number of nitrogens with one attached hydrogen (secondary N) is 1. The van der Waals surface area contributed by atoms with E-state index in [0.717, 1.165) is 6.42 Å². The van der Waals surface area contributed by atoms with Crippen molar-refractivity contribution in [2.45, 2.75) is 51.9 Å². The van der Waals surface area contributed by atoms with Gasteiger partial charge in [0.1, 0.15) is 23.6 Å². The monoisotopic (exact) mass is 526 g/mol. The minimum atomic E-state index is -0.776. The van der Waals surface area contributed by atoms with Gasteiger partial charge in [-0.3, -0.25) is 4.79 Å². The van der Waals surface area contributed by atoms with Gasteiger partial charge in [-0.05, 0) is 43.7 Å². The van der Waals surface area contributed by atoms with Crippen LogP contribution in [0, 0.1) is 23.6 Å². The number of urea groups is 1. The second kappa shape index (κ2) is 13.2. The Balaban J connectivity index is 1.87. The zero-order chi connectivity index (χ0) is 27.8. The fourth-order valence-corrected chi connectivity index (χ4v) is 4.01. The van der Waals surface area contributed by atoms with Crippen molar-refractivity contribution in [3.05, 3.63) is 53.5 Å². The maximum absolute atomic E-state index is 13.5. The van der Waals surface area contributed by atoms with E-state index in [1.165, 1.54) is 35.4 Å². The number of pyridine rings is 1. The normalized spacial score (nSPS) is 18.6. The average molecular weight is 527 g/mol. The van der Waals surface area contributed by atoms with E-state index in [0.29, 0.717) is 17.7 Å². The molecule has 3 rings (SSSR count). The SMILES string of the molecule is CCCC(O)C#Cc1cnc2c(c1)C(=O)N([C@H](C)CO)C[C@H](C)[C@H](CN(C)C(=O)Nc1ccc(F)cc1)O2. The molecule has 38 heavy (non-hydrogen) atoms. The smallest absolute Gasteiger partial charge is 0.321 e. The average Bonchev–Trinajstić information content (AvgIpc) is 2.90. The third-order valence-corrected chi connectivity index (χ3v) is 6.36. The minimum absolute atomic E-state index is 0.105. The number of amides is 3. The Labute approximate surface area is 222 Å². The summed E-state index contributed by atoms with van der Waals surface area (Å²) in [5.41, 5.74) is 1.10. The van der Waals surface area contributed by atoms with Gasteiger partial charge >= 0.3 is 6.03 Å². The van der Waals surface area contributed by atoms with Crippen LogP contribution in [0.3, 0.4) is 0 Å². The van der Waals surface area contributed by atoms with E-state index in [1.54, 1.807) is 24.9 Å². The molecule has 2 aromatic rings. The Kier molecular flexibility index (Phi) is 10.0. The maximum atomic E-state index is 13.5. The lowest BCUT2D eigenvalue weighted by molar-refractivity contribution is 0.0356. The highest BCUT2D eigenvalue weighted by Crippen LogP contribution is 2.27. The molecule has 0 saturated heterocycles. The quantitative estimate of drug-likeness (QED) is 0.478. The Morgan fingerprint density at radius 2 is 2.08 bits per heavy atom. The maximum Gasteiger partial charge on any atom is 0.321 e. The number of rotatable bonds is 7. The van der Waals surface area contributed by atoms with Crippen molar-refractivity contribution in [3.63, 3.8) is 0 Å². The van der Waals surface area contributed by atoms with Gasteiger partial charge in [0.2, 0.25) is 5.88 Å². The highest BCUT2D eigenvalue weighted by molar-refractivity contribution is 5.97.